The lowest BCUT2D eigenvalue weighted by Crippen LogP contribution is -2.35. The largest absolute Gasteiger partial charge is 0.360 e. The molecule has 2 rings (SSSR count). The monoisotopic (exact) mass is 309 g/mol. The Bertz CT molecular complexity index is 524. The second-order valence-corrected chi connectivity index (χ2v) is 6.74. The zero-order valence-electron chi connectivity index (χ0n) is 11.3. The molecular weight excluding hydrogens is 290 g/mol. The Morgan fingerprint density at radius 3 is 2.53 bits per heavy atom. The standard InChI is InChI=1S/C11H19N3O3S.ClH/c1-7-4-10(5-12)6-14(7)18(15,16)11-8(2)13-17-9(11)3;/h7,10H,4-6,12H2,1-3H3;1H. The van der Waals surface area contributed by atoms with Crippen LogP contribution in [0, 0.1) is 19.8 Å². The van der Waals surface area contributed by atoms with Gasteiger partial charge in [-0.3, -0.25) is 0 Å². The second-order valence-electron chi connectivity index (χ2n) is 4.91. The third-order valence-corrected chi connectivity index (χ3v) is 5.70. The van der Waals surface area contributed by atoms with Crippen molar-refractivity contribution in [1.29, 1.82) is 0 Å². The molecule has 6 nitrogen and oxygen atoms in total. The lowest BCUT2D eigenvalue weighted by Gasteiger charge is -2.20. The zero-order chi connectivity index (χ0) is 13.5. The number of hydrogen-bond donors (Lipinski definition) is 1. The number of rotatable bonds is 3. The Balaban J connectivity index is 0.00000180. The van der Waals surface area contributed by atoms with Crippen LogP contribution in [-0.2, 0) is 10.0 Å². The molecular formula is C11H20ClN3O3S. The van der Waals surface area contributed by atoms with E-state index in [9.17, 15) is 8.42 Å². The summed E-state index contributed by atoms with van der Waals surface area (Å²) in [4.78, 5) is 0.201. The third-order valence-electron chi connectivity index (χ3n) is 3.47. The van der Waals surface area contributed by atoms with Gasteiger partial charge in [0, 0.05) is 12.6 Å². The van der Waals surface area contributed by atoms with E-state index in [2.05, 4.69) is 5.16 Å². The van der Waals surface area contributed by atoms with Gasteiger partial charge in [-0.05, 0) is 39.7 Å². The van der Waals surface area contributed by atoms with E-state index in [4.69, 9.17) is 10.3 Å². The molecule has 2 N–H and O–H groups in total. The first kappa shape index (κ1) is 16.4. The number of hydrogen-bond acceptors (Lipinski definition) is 5. The van der Waals surface area contributed by atoms with Gasteiger partial charge in [-0.2, -0.15) is 4.31 Å². The molecule has 1 saturated heterocycles. The molecule has 110 valence electrons. The van der Waals surface area contributed by atoms with Crippen molar-refractivity contribution in [2.75, 3.05) is 13.1 Å². The van der Waals surface area contributed by atoms with Crippen molar-refractivity contribution < 1.29 is 12.9 Å². The van der Waals surface area contributed by atoms with Crippen molar-refractivity contribution in [3.63, 3.8) is 0 Å². The highest BCUT2D eigenvalue weighted by atomic mass is 35.5. The lowest BCUT2D eigenvalue weighted by molar-refractivity contribution is 0.386. The predicted molar refractivity (Wildman–Crippen MR) is 73.7 cm³/mol. The van der Waals surface area contributed by atoms with Gasteiger partial charge in [0.05, 0.1) is 0 Å². The molecule has 0 spiro atoms. The smallest absolute Gasteiger partial charge is 0.248 e. The summed E-state index contributed by atoms with van der Waals surface area (Å²) >= 11 is 0. The normalized spacial score (nSPS) is 24.4. The molecule has 1 aliphatic heterocycles. The summed E-state index contributed by atoms with van der Waals surface area (Å²) in [6, 6.07) is -0.0303. The zero-order valence-corrected chi connectivity index (χ0v) is 12.9. The minimum absolute atomic E-state index is 0. The van der Waals surface area contributed by atoms with Crippen molar-refractivity contribution in [3.8, 4) is 0 Å². The first-order valence-electron chi connectivity index (χ1n) is 6.02. The maximum Gasteiger partial charge on any atom is 0.248 e. The van der Waals surface area contributed by atoms with Gasteiger partial charge in [0.25, 0.3) is 0 Å². The van der Waals surface area contributed by atoms with Crippen LogP contribution in [0.2, 0.25) is 0 Å². The maximum atomic E-state index is 12.6. The van der Waals surface area contributed by atoms with Gasteiger partial charge >= 0.3 is 0 Å². The van der Waals surface area contributed by atoms with Crippen molar-refractivity contribution in [2.24, 2.45) is 11.7 Å². The fourth-order valence-corrected chi connectivity index (χ4v) is 4.59. The fraction of sp³-hybridized carbons (Fsp3) is 0.727. The molecule has 0 aromatic carbocycles. The highest BCUT2D eigenvalue weighted by Crippen LogP contribution is 2.31. The van der Waals surface area contributed by atoms with Crippen LogP contribution in [0.5, 0.6) is 0 Å². The molecule has 2 heterocycles. The summed E-state index contributed by atoms with van der Waals surface area (Å²) in [6.45, 7) is 6.16. The molecule has 0 saturated carbocycles. The predicted octanol–water partition coefficient (Wildman–Crippen LogP) is 1.07. The first-order valence-corrected chi connectivity index (χ1v) is 7.46. The molecule has 0 radical (unpaired) electrons. The third kappa shape index (κ3) is 2.79. The van der Waals surface area contributed by atoms with E-state index in [1.54, 1.807) is 13.8 Å². The van der Waals surface area contributed by atoms with Crippen LogP contribution < -0.4 is 5.73 Å². The summed E-state index contributed by atoms with van der Waals surface area (Å²) < 4.78 is 31.6. The fourth-order valence-electron chi connectivity index (χ4n) is 2.57. The van der Waals surface area contributed by atoms with Crippen LogP contribution in [0.1, 0.15) is 24.8 Å². The van der Waals surface area contributed by atoms with Gasteiger partial charge in [0.15, 0.2) is 5.76 Å². The van der Waals surface area contributed by atoms with Crippen LogP contribution >= 0.6 is 12.4 Å². The highest BCUT2D eigenvalue weighted by molar-refractivity contribution is 7.89. The molecule has 0 amide bonds. The average molecular weight is 310 g/mol. The van der Waals surface area contributed by atoms with Crippen molar-refractivity contribution in [3.05, 3.63) is 11.5 Å². The van der Waals surface area contributed by atoms with E-state index in [1.807, 2.05) is 6.92 Å². The number of nitrogens with zero attached hydrogens (tertiary/aromatic N) is 2. The molecule has 1 fully saturated rings. The molecule has 1 aromatic rings. The topological polar surface area (TPSA) is 89.4 Å². The first-order chi connectivity index (χ1) is 8.37. The second kappa shape index (κ2) is 5.78. The Labute approximate surface area is 119 Å². The van der Waals surface area contributed by atoms with Gasteiger partial charge in [0.1, 0.15) is 10.6 Å². The van der Waals surface area contributed by atoms with Crippen LogP contribution in [0.15, 0.2) is 9.42 Å². The number of halogens is 1. The summed E-state index contributed by atoms with van der Waals surface area (Å²) in [5.41, 5.74) is 6.04. The van der Waals surface area contributed by atoms with Gasteiger partial charge in [-0.15, -0.1) is 12.4 Å². The Morgan fingerprint density at radius 2 is 2.11 bits per heavy atom. The molecule has 19 heavy (non-hydrogen) atoms. The van der Waals surface area contributed by atoms with E-state index >= 15 is 0 Å². The minimum atomic E-state index is -3.53. The maximum absolute atomic E-state index is 12.6. The van der Waals surface area contributed by atoms with Crippen molar-refractivity contribution >= 4 is 22.4 Å². The van der Waals surface area contributed by atoms with E-state index in [0.29, 0.717) is 24.5 Å². The SMILES string of the molecule is Cc1noc(C)c1S(=O)(=O)N1CC(CN)CC1C.Cl. The summed E-state index contributed by atoms with van der Waals surface area (Å²) in [6.07, 6.45) is 0.805. The van der Waals surface area contributed by atoms with Crippen LogP contribution in [0.3, 0.4) is 0 Å². The van der Waals surface area contributed by atoms with E-state index < -0.39 is 10.0 Å². The number of aromatic nitrogens is 1. The molecule has 8 heteroatoms. The molecule has 2 unspecified atom stereocenters. The van der Waals surface area contributed by atoms with Crippen molar-refractivity contribution in [2.45, 2.75) is 38.1 Å². The van der Waals surface area contributed by atoms with Crippen LogP contribution in [0.4, 0.5) is 0 Å². The number of aryl methyl sites for hydroxylation is 2. The lowest BCUT2D eigenvalue weighted by atomic mass is 10.1. The van der Waals surface area contributed by atoms with Gasteiger partial charge in [0.2, 0.25) is 10.0 Å². The molecule has 0 bridgehead atoms. The van der Waals surface area contributed by atoms with Crippen molar-refractivity contribution in [1.82, 2.24) is 9.46 Å². The van der Waals surface area contributed by atoms with Gasteiger partial charge in [-0.25, -0.2) is 8.42 Å². The minimum Gasteiger partial charge on any atom is -0.360 e. The van der Waals surface area contributed by atoms with E-state index in [-0.39, 0.29) is 29.3 Å². The summed E-state index contributed by atoms with van der Waals surface area (Å²) in [5, 5.41) is 3.71. The van der Waals surface area contributed by atoms with Gasteiger partial charge < -0.3 is 10.3 Å². The van der Waals surface area contributed by atoms with Crippen LogP contribution in [-0.4, -0.2) is 37.0 Å². The average Bonchev–Trinajstić information content (AvgIpc) is 2.82. The summed E-state index contributed by atoms with van der Waals surface area (Å²) in [7, 11) is -3.53. The molecule has 0 aliphatic carbocycles. The molecule has 1 aromatic heterocycles. The quantitative estimate of drug-likeness (QED) is 0.902. The van der Waals surface area contributed by atoms with E-state index in [1.165, 1.54) is 4.31 Å². The Hall–Kier alpha value is -0.630. The number of nitrogens with two attached hydrogens (primary N) is 1. The molecule has 1 aliphatic rings. The van der Waals surface area contributed by atoms with Crippen LogP contribution in [0.25, 0.3) is 0 Å². The van der Waals surface area contributed by atoms with E-state index in [0.717, 1.165) is 6.42 Å². The Kier molecular flexibility index (Phi) is 5.00. The molecule has 2 atom stereocenters. The highest BCUT2D eigenvalue weighted by Gasteiger charge is 2.39. The Morgan fingerprint density at radius 1 is 1.47 bits per heavy atom. The van der Waals surface area contributed by atoms with Gasteiger partial charge in [-0.1, -0.05) is 5.16 Å². The summed E-state index contributed by atoms with van der Waals surface area (Å²) in [5.74, 6) is 0.575. The number of sulfonamides is 1.